The maximum absolute atomic E-state index is 12.2. The van der Waals surface area contributed by atoms with Gasteiger partial charge in [0, 0.05) is 43.3 Å². The number of nitrogens with zero attached hydrogens (tertiary/aromatic N) is 3. The summed E-state index contributed by atoms with van der Waals surface area (Å²) in [6, 6.07) is 13.5. The second-order valence-corrected chi connectivity index (χ2v) is 8.87. The molecule has 2 aliphatic rings. The number of rotatable bonds is 4. The van der Waals surface area contributed by atoms with Crippen LogP contribution >= 0.6 is 11.6 Å². The molecular formula is C20H20ClN3O4S. The average molecular weight is 434 g/mol. The van der Waals surface area contributed by atoms with Crippen molar-refractivity contribution in [3.63, 3.8) is 0 Å². The minimum atomic E-state index is -3.60. The van der Waals surface area contributed by atoms with Crippen LogP contribution in [-0.2, 0) is 14.8 Å². The Bertz CT molecular complexity index is 1050. The van der Waals surface area contributed by atoms with Crippen LogP contribution in [0.4, 0.5) is 0 Å². The summed E-state index contributed by atoms with van der Waals surface area (Å²) in [5.74, 6) is 0.150. The van der Waals surface area contributed by atoms with Crippen molar-refractivity contribution in [2.24, 2.45) is 4.40 Å². The number of halogens is 1. The molecule has 0 bridgehead atoms. The standard InChI is InChI=1S/C20H20ClN3O4S/c21-16-7-5-15(6-8-16)20(25)28-14-13-23-9-11-24(12-10-23)19-17-3-1-2-4-18(17)29(26,27)22-19/h1-8H,9-14H2. The largest absolute Gasteiger partial charge is 0.461 e. The van der Waals surface area contributed by atoms with Crippen LogP contribution < -0.4 is 0 Å². The van der Waals surface area contributed by atoms with Gasteiger partial charge in [-0.25, -0.2) is 4.79 Å². The Morgan fingerprint density at radius 2 is 1.72 bits per heavy atom. The molecule has 0 radical (unpaired) electrons. The fourth-order valence-corrected chi connectivity index (χ4v) is 4.79. The predicted molar refractivity (Wildman–Crippen MR) is 110 cm³/mol. The molecule has 2 aromatic carbocycles. The molecule has 0 unspecified atom stereocenters. The second-order valence-electron chi connectivity index (χ2n) is 6.86. The third-order valence-electron chi connectivity index (χ3n) is 5.00. The quantitative estimate of drug-likeness (QED) is 0.688. The first-order valence-electron chi connectivity index (χ1n) is 9.28. The molecule has 2 aromatic rings. The Morgan fingerprint density at radius 3 is 2.45 bits per heavy atom. The molecule has 7 nitrogen and oxygen atoms in total. The highest BCUT2D eigenvalue weighted by molar-refractivity contribution is 7.90. The monoisotopic (exact) mass is 433 g/mol. The van der Waals surface area contributed by atoms with Crippen LogP contribution in [0.1, 0.15) is 15.9 Å². The smallest absolute Gasteiger partial charge is 0.338 e. The number of carbonyl (C=O) groups excluding carboxylic acids is 1. The third-order valence-corrected chi connectivity index (χ3v) is 6.58. The molecule has 9 heteroatoms. The minimum Gasteiger partial charge on any atom is -0.461 e. The first kappa shape index (κ1) is 19.9. The highest BCUT2D eigenvalue weighted by Crippen LogP contribution is 2.27. The Labute approximate surface area is 174 Å². The van der Waals surface area contributed by atoms with Crippen LogP contribution in [0.2, 0.25) is 5.02 Å². The van der Waals surface area contributed by atoms with Crippen LogP contribution in [0.5, 0.6) is 0 Å². The van der Waals surface area contributed by atoms with Crippen LogP contribution in [0.25, 0.3) is 0 Å². The van der Waals surface area contributed by atoms with Crippen molar-refractivity contribution in [3.05, 3.63) is 64.7 Å². The van der Waals surface area contributed by atoms with E-state index in [4.69, 9.17) is 16.3 Å². The van der Waals surface area contributed by atoms with Gasteiger partial charge < -0.3 is 9.64 Å². The molecule has 0 aliphatic carbocycles. The number of amidine groups is 1. The van der Waals surface area contributed by atoms with Crippen molar-refractivity contribution in [2.45, 2.75) is 4.90 Å². The molecule has 0 saturated carbocycles. The van der Waals surface area contributed by atoms with Crippen molar-refractivity contribution in [3.8, 4) is 0 Å². The molecule has 0 spiro atoms. The summed E-state index contributed by atoms with van der Waals surface area (Å²) in [6.45, 7) is 3.70. The van der Waals surface area contributed by atoms with Gasteiger partial charge in [0.15, 0.2) is 5.84 Å². The fraction of sp³-hybridized carbons (Fsp3) is 0.300. The fourth-order valence-electron chi connectivity index (χ4n) is 3.44. The molecule has 0 aromatic heterocycles. The van der Waals surface area contributed by atoms with E-state index in [-0.39, 0.29) is 10.9 Å². The molecule has 1 fully saturated rings. The maximum atomic E-state index is 12.2. The molecule has 4 rings (SSSR count). The van der Waals surface area contributed by atoms with Gasteiger partial charge in [0.25, 0.3) is 10.0 Å². The lowest BCUT2D eigenvalue weighted by Crippen LogP contribution is -2.49. The number of piperazine rings is 1. The van der Waals surface area contributed by atoms with Crippen LogP contribution in [-0.4, -0.2) is 69.4 Å². The van der Waals surface area contributed by atoms with Gasteiger partial charge in [0.05, 0.1) is 5.56 Å². The van der Waals surface area contributed by atoms with Gasteiger partial charge >= 0.3 is 5.97 Å². The molecule has 2 heterocycles. The number of fused-ring (bicyclic) bond motifs is 1. The molecule has 29 heavy (non-hydrogen) atoms. The first-order chi connectivity index (χ1) is 13.9. The lowest BCUT2D eigenvalue weighted by molar-refractivity contribution is 0.0442. The topological polar surface area (TPSA) is 79.3 Å². The number of carbonyl (C=O) groups is 1. The van der Waals surface area contributed by atoms with Crippen molar-refractivity contribution < 1.29 is 17.9 Å². The lowest BCUT2D eigenvalue weighted by Gasteiger charge is -2.35. The van der Waals surface area contributed by atoms with Gasteiger partial charge in [-0.1, -0.05) is 23.7 Å². The number of sulfonamides is 1. The van der Waals surface area contributed by atoms with E-state index in [2.05, 4.69) is 9.30 Å². The van der Waals surface area contributed by atoms with E-state index in [1.54, 1.807) is 42.5 Å². The summed E-state index contributed by atoms with van der Waals surface area (Å²) in [5, 5.41) is 0.571. The molecule has 1 saturated heterocycles. The summed E-state index contributed by atoms with van der Waals surface area (Å²) in [7, 11) is -3.60. The molecule has 0 amide bonds. The Balaban J connectivity index is 1.28. The SMILES string of the molecule is O=C(OCCN1CCN(C2=NS(=O)(=O)c3ccccc32)CC1)c1ccc(Cl)cc1. The number of ether oxygens (including phenoxy) is 1. The number of hydrogen-bond acceptors (Lipinski definition) is 6. The maximum Gasteiger partial charge on any atom is 0.338 e. The van der Waals surface area contributed by atoms with E-state index >= 15 is 0 Å². The third kappa shape index (κ3) is 4.29. The zero-order valence-corrected chi connectivity index (χ0v) is 17.2. The number of esters is 1. The highest BCUT2D eigenvalue weighted by Gasteiger charge is 2.32. The van der Waals surface area contributed by atoms with E-state index in [0.717, 1.165) is 13.1 Å². The summed E-state index contributed by atoms with van der Waals surface area (Å²) in [4.78, 5) is 16.5. The molecule has 0 atom stereocenters. The van der Waals surface area contributed by atoms with Gasteiger partial charge in [-0.15, -0.1) is 4.40 Å². The van der Waals surface area contributed by atoms with E-state index in [0.29, 0.717) is 48.2 Å². The van der Waals surface area contributed by atoms with Crippen molar-refractivity contribution >= 4 is 33.4 Å². The summed E-state index contributed by atoms with van der Waals surface area (Å²) >= 11 is 5.82. The Kier molecular flexibility index (Phi) is 5.58. The Morgan fingerprint density at radius 1 is 1.03 bits per heavy atom. The molecular weight excluding hydrogens is 414 g/mol. The van der Waals surface area contributed by atoms with Crippen molar-refractivity contribution in [1.82, 2.24) is 9.80 Å². The zero-order chi connectivity index (χ0) is 20.4. The van der Waals surface area contributed by atoms with Crippen molar-refractivity contribution in [1.29, 1.82) is 0 Å². The zero-order valence-electron chi connectivity index (χ0n) is 15.6. The molecule has 2 aliphatic heterocycles. The number of benzene rings is 2. The van der Waals surface area contributed by atoms with Gasteiger partial charge in [0.1, 0.15) is 11.5 Å². The van der Waals surface area contributed by atoms with E-state index in [1.807, 2.05) is 11.0 Å². The van der Waals surface area contributed by atoms with E-state index in [1.165, 1.54) is 0 Å². The normalized spacial score (nSPS) is 18.2. The second kappa shape index (κ2) is 8.14. The van der Waals surface area contributed by atoms with Crippen LogP contribution in [0.15, 0.2) is 57.8 Å². The van der Waals surface area contributed by atoms with Gasteiger partial charge in [-0.3, -0.25) is 4.90 Å². The van der Waals surface area contributed by atoms with Crippen LogP contribution in [0, 0.1) is 0 Å². The Hall–Kier alpha value is -2.42. The summed E-state index contributed by atoms with van der Waals surface area (Å²) < 4.78 is 33.8. The first-order valence-corrected chi connectivity index (χ1v) is 11.1. The minimum absolute atomic E-state index is 0.270. The van der Waals surface area contributed by atoms with Gasteiger partial charge in [0.2, 0.25) is 0 Å². The van der Waals surface area contributed by atoms with E-state index < -0.39 is 10.0 Å². The summed E-state index contributed by atoms with van der Waals surface area (Å²) in [5.41, 5.74) is 1.14. The lowest BCUT2D eigenvalue weighted by atomic mass is 10.1. The molecule has 152 valence electrons. The highest BCUT2D eigenvalue weighted by atomic mass is 35.5. The number of hydrogen-bond donors (Lipinski definition) is 0. The molecule has 0 N–H and O–H groups in total. The van der Waals surface area contributed by atoms with Crippen molar-refractivity contribution in [2.75, 3.05) is 39.3 Å². The average Bonchev–Trinajstić information content (AvgIpc) is 3.00. The summed E-state index contributed by atoms with van der Waals surface area (Å²) in [6.07, 6.45) is 0. The van der Waals surface area contributed by atoms with E-state index in [9.17, 15) is 13.2 Å². The predicted octanol–water partition coefficient (Wildman–Crippen LogP) is 2.26. The van der Waals surface area contributed by atoms with Crippen LogP contribution in [0.3, 0.4) is 0 Å². The van der Waals surface area contributed by atoms with Gasteiger partial charge in [-0.2, -0.15) is 8.42 Å². The van der Waals surface area contributed by atoms with Gasteiger partial charge in [-0.05, 0) is 36.4 Å².